The molecule has 2 rings (SSSR count). The standard InChI is InChI=1S/C17H23F4N3O2/c1-11(2)24-7-5-23(6-8-24)10-13(16(22)25)12-3-4-15(14(18)9-12)26-17(19,20)21/h3-4,9,11,13H,5-8,10H2,1-2H3,(H2,22,25). The highest BCUT2D eigenvalue weighted by atomic mass is 19.4. The van der Waals surface area contributed by atoms with Gasteiger partial charge in [0.25, 0.3) is 0 Å². The Kier molecular flexibility index (Phi) is 6.46. The first-order valence-electron chi connectivity index (χ1n) is 8.37. The molecule has 1 aromatic rings. The summed E-state index contributed by atoms with van der Waals surface area (Å²) < 4.78 is 54.2. The Morgan fingerprint density at radius 1 is 1.23 bits per heavy atom. The molecular formula is C17H23F4N3O2. The van der Waals surface area contributed by atoms with Crippen molar-refractivity contribution in [2.24, 2.45) is 5.73 Å². The summed E-state index contributed by atoms with van der Waals surface area (Å²) in [6.45, 7) is 7.66. The van der Waals surface area contributed by atoms with Crippen LogP contribution >= 0.6 is 0 Å². The first-order valence-corrected chi connectivity index (χ1v) is 8.37. The lowest BCUT2D eigenvalue weighted by molar-refractivity contribution is -0.275. The quantitative estimate of drug-likeness (QED) is 0.773. The van der Waals surface area contributed by atoms with Crippen LogP contribution in [0.4, 0.5) is 17.6 Å². The summed E-state index contributed by atoms with van der Waals surface area (Å²) in [4.78, 5) is 16.2. The molecule has 0 aliphatic carbocycles. The van der Waals surface area contributed by atoms with Gasteiger partial charge in [0.1, 0.15) is 0 Å². The summed E-state index contributed by atoms with van der Waals surface area (Å²) in [6.07, 6.45) is -4.98. The average molecular weight is 377 g/mol. The van der Waals surface area contributed by atoms with Crippen molar-refractivity contribution < 1.29 is 27.1 Å². The third kappa shape index (κ3) is 5.57. The van der Waals surface area contributed by atoms with Crippen LogP contribution in [0.15, 0.2) is 18.2 Å². The Labute approximate surface area is 149 Å². The molecular weight excluding hydrogens is 354 g/mol. The lowest BCUT2D eigenvalue weighted by atomic mass is 9.97. The van der Waals surface area contributed by atoms with E-state index in [9.17, 15) is 22.4 Å². The third-order valence-electron chi connectivity index (χ3n) is 4.51. The summed E-state index contributed by atoms with van der Waals surface area (Å²) in [7, 11) is 0. The van der Waals surface area contributed by atoms with Gasteiger partial charge >= 0.3 is 6.36 Å². The molecule has 0 radical (unpaired) electrons. The second-order valence-corrected chi connectivity index (χ2v) is 6.62. The molecule has 0 saturated carbocycles. The van der Waals surface area contributed by atoms with Crippen molar-refractivity contribution in [3.63, 3.8) is 0 Å². The van der Waals surface area contributed by atoms with Crippen molar-refractivity contribution in [2.45, 2.75) is 32.2 Å². The molecule has 1 atom stereocenters. The van der Waals surface area contributed by atoms with E-state index in [1.165, 1.54) is 6.07 Å². The van der Waals surface area contributed by atoms with E-state index < -0.39 is 29.8 Å². The van der Waals surface area contributed by atoms with Gasteiger partial charge < -0.3 is 10.5 Å². The minimum atomic E-state index is -4.98. The van der Waals surface area contributed by atoms with Crippen molar-refractivity contribution in [2.75, 3.05) is 32.7 Å². The van der Waals surface area contributed by atoms with E-state index in [1.807, 2.05) is 4.90 Å². The van der Waals surface area contributed by atoms with Crippen LogP contribution in [-0.2, 0) is 4.79 Å². The monoisotopic (exact) mass is 377 g/mol. The van der Waals surface area contributed by atoms with Crippen LogP contribution < -0.4 is 10.5 Å². The van der Waals surface area contributed by atoms with Crippen LogP contribution in [0.1, 0.15) is 25.3 Å². The molecule has 146 valence electrons. The maximum Gasteiger partial charge on any atom is 0.573 e. The summed E-state index contributed by atoms with van der Waals surface area (Å²) in [6, 6.07) is 3.41. The number of carbonyl (C=O) groups is 1. The SMILES string of the molecule is CC(C)N1CCN(CC(C(N)=O)c2ccc(OC(F)(F)F)c(F)c2)CC1. The molecule has 1 heterocycles. The molecule has 2 N–H and O–H groups in total. The van der Waals surface area contributed by atoms with Crippen LogP contribution in [0.5, 0.6) is 5.75 Å². The van der Waals surface area contributed by atoms with E-state index in [0.29, 0.717) is 12.6 Å². The molecule has 1 fully saturated rings. The lowest BCUT2D eigenvalue weighted by Crippen LogP contribution is -2.50. The third-order valence-corrected chi connectivity index (χ3v) is 4.51. The molecule has 1 saturated heterocycles. The Morgan fingerprint density at radius 3 is 2.31 bits per heavy atom. The number of halogens is 4. The van der Waals surface area contributed by atoms with Crippen LogP contribution in [-0.4, -0.2) is 60.8 Å². The van der Waals surface area contributed by atoms with E-state index in [2.05, 4.69) is 23.5 Å². The molecule has 0 bridgehead atoms. The van der Waals surface area contributed by atoms with Crippen molar-refractivity contribution in [3.8, 4) is 5.75 Å². The zero-order chi connectivity index (χ0) is 19.5. The summed E-state index contributed by atoms with van der Waals surface area (Å²) in [5, 5.41) is 0. The fourth-order valence-electron chi connectivity index (χ4n) is 3.02. The Hall–Kier alpha value is -1.87. The average Bonchev–Trinajstić information content (AvgIpc) is 2.53. The first kappa shape index (κ1) is 20.4. The zero-order valence-electron chi connectivity index (χ0n) is 14.7. The van der Waals surface area contributed by atoms with E-state index in [4.69, 9.17) is 5.73 Å². The molecule has 1 unspecified atom stereocenters. The maximum atomic E-state index is 13.9. The van der Waals surface area contributed by atoms with Crippen LogP contribution in [0.2, 0.25) is 0 Å². The first-order chi connectivity index (χ1) is 12.1. The minimum absolute atomic E-state index is 0.232. The Balaban J connectivity index is 2.08. The number of nitrogens with zero attached hydrogens (tertiary/aromatic N) is 2. The molecule has 1 aromatic carbocycles. The molecule has 1 amide bonds. The fraction of sp³-hybridized carbons (Fsp3) is 0.588. The van der Waals surface area contributed by atoms with E-state index in [-0.39, 0.29) is 5.56 Å². The van der Waals surface area contributed by atoms with Gasteiger partial charge in [-0.15, -0.1) is 13.2 Å². The maximum absolute atomic E-state index is 13.9. The van der Waals surface area contributed by atoms with Crippen LogP contribution in [0.3, 0.4) is 0 Å². The number of hydrogen-bond donors (Lipinski definition) is 1. The molecule has 9 heteroatoms. The fourth-order valence-corrected chi connectivity index (χ4v) is 3.02. The molecule has 5 nitrogen and oxygen atoms in total. The number of hydrogen-bond acceptors (Lipinski definition) is 4. The van der Waals surface area contributed by atoms with E-state index in [0.717, 1.165) is 38.3 Å². The highest BCUT2D eigenvalue weighted by Gasteiger charge is 2.33. The van der Waals surface area contributed by atoms with Gasteiger partial charge in [-0.2, -0.15) is 0 Å². The smallest absolute Gasteiger partial charge is 0.403 e. The Bertz CT molecular complexity index is 629. The highest BCUT2D eigenvalue weighted by Crippen LogP contribution is 2.28. The van der Waals surface area contributed by atoms with Gasteiger partial charge in [0, 0.05) is 38.8 Å². The number of carbonyl (C=O) groups excluding carboxylic acids is 1. The highest BCUT2D eigenvalue weighted by molar-refractivity contribution is 5.82. The number of nitrogens with two attached hydrogens (primary N) is 1. The van der Waals surface area contributed by atoms with Gasteiger partial charge in [0.15, 0.2) is 11.6 Å². The predicted molar refractivity (Wildman–Crippen MR) is 88.2 cm³/mol. The number of alkyl halides is 3. The summed E-state index contributed by atoms with van der Waals surface area (Å²) >= 11 is 0. The number of amides is 1. The van der Waals surface area contributed by atoms with E-state index >= 15 is 0 Å². The van der Waals surface area contributed by atoms with Crippen molar-refractivity contribution >= 4 is 5.91 Å². The largest absolute Gasteiger partial charge is 0.573 e. The van der Waals surface area contributed by atoms with Gasteiger partial charge in [-0.05, 0) is 31.5 Å². The predicted octanol–water partition coefficient (Wildman–Crippen LogP) is 2.32. The second-order valence-electron chi connectivity index (χ2n) is 6.62. The van der Waals surface area contributed by atoms with Gasteiger partial charge in [0.05, 0.1) is 5.92 Å². The van der Waals surface area contributed by atoms with Crippen LogP contribution in [0, 0.1) is 5.82 Å². The van der Waals surface area contributed by atoms with E-state index in [1.54, 1.807) is 0 Å². The minimum Gasteiger partial charge on any atom is -0.403 e. The van der Waals surface area contributed by atoms with Gasteiger partial charge in [0.2, 0.25) is 5.91 Å². The Morgan fingerprint density at radius 2 is 1.85 bits per heavy atom. The van der Waals surface area contributed by atoms with Crippen LogP contribution in [0.25, 0.3) is 0 Å². The molecule has 0 aromatic heterocycles. The summed E-state index contributed by atoms with van der Waals surface area (Å²) in [5.74, 6) is -3.58. The number of piperazine rings is 1. The number of primary amides is 1. The van der Waals surface area contributed by atoms with Crippen molar-refractivity contribution in [1.29, 1.82) is 0 Å². The number of rotatable bonds is 6. The van der Waals surface area contributed by atoms with Gasteiger partial charge in [-0.3, -0.25) is 14.6 Å². The number of ether oxygens (including phenoxy) is 1. The van der Waals surface area contributed by atoms with Crippen molar-refractivity contribution in [1.82, 2.24) is 9.80 Å². The lowest BCUT2D eigenvalue weighted by Gasteiger charge is -2.38. The zero-order valence-corrected chi connectivity index (χ0v) is 14.7. The molecule has 0 spiro atoms. The molecule has 26 heavy (non-hydrogen) atoms. The second kappa shape index (κ2) is 8.22. The normalized spacial score (nSPS) is 18.1. The van der Waals surface area contributed by atoms with Gasteiger partial charge in [-0.1, -0.05) is 6.07 Å². The molecule has 1 aliphatic rings. The van der Waals surface area contributed by atoms with Crippen molar-refractivity contribution in [3.05, 3.63) is 29.6 Å². The molecule has 1 aliphatic heterocycles. The topological polar surface area (TPSA) is 58.8 Å². The summed E-state index contributed by atoms with van der Waals surface area (Å²) in [5.41, 5.74) is 5.67. The number of benzene rings is 1. The van der Waals surface area contributed by atoms with Gasteiger partial charge in [-0.25, -0.2) is 4.39 Å².